The molecule has 0 aliphatic rings. The summed E-state index contributed by atoms with van der Waals surface area (Å²) >= 11 is 14.0. The highest BCUT2D eigenvalue weighted by Gasteiger charge is 2.02. The summed E-state index contributed by atoms with van der Waals surface area (Å²) in [6.07, 6.45) is 4.41. The molecule has 5 nitrogen and oxygen atoms in total. The fourth-order valence-corrected chi connectivity index (χ4v) is 1.62. The molecule has 1 N–H and O–H groups in total. The van der Waals surface area contributed by atoms with Crippen molar-refractivity contribution >= 4 is 68.7 Å². The molecule has 0 radical (unpaired) electrons. The SMILES string of the molecule is C.O=C(Cl)/C=C/c1ccc(F)c(F)c1.O=C(Cl)C(=O)Cl.O=C(O)/C=C/c1ccc(F)c(F)c1. The number of halogens is 7. The van der Waals surface area contributed by atoms with Crippen molar-refractivity contribution in [1.82, 2.24) is 0 Å². The molecule has 33 heavy (non-hydrogen) atoms. The van der Waals surface area contributed by atoms with Crippen LogP contribution in [-0.2, 0) is 19.2 Å². The van der Waals surface area contributed by atoms with Crippen LogP contribution >= 0.6 is 34.8 Å². The first-order valence-electron chi connectivity index (χ1n) is 7.91. The number of benzene rings is 2. The summed E-state index contributed by atoms with van der Waals surface area (Å²) in [6.45, 7) is 0. The fraction of sp³-hybridized carbons (Fsp3) is 0.0476. The maximum Gasteiger partial charge on any atom is 0.328 e. The number of carboxylic acids is 1. The van der Waals surface area contributed by atoms with E-state index in [9.17, 15) is 36.7 Å². The molecule has 0 aromatic heterocycles. The van der Waals surface area contributed by atoms with Gasteiger partial charge in [0.15, 0.2) is 23.3 Å². The summed E-state index contributed by atoms with van der Waals surface area (Å²) in [4.78, 5) is 39.2. The minimum atomic E-state index is -1.14. The highest BCUT2D eigenvalue weighted by molar-refractivity contribution is 6.97. The average molecular weight is 530 g/mol. The zero-order valence-corrected chi connectivity index (χ0v) is 17.8. The van der Waals surface area contributed by atoms with Crippen LogP contribution in [0.25, 0.3) is 12.2 Å². The van der Waals surface area contributed by atoms with Gasteiger partial charge in [0.05, 0.1) is 0 Å². The third-order valence-electron chi connectivity index (χ3n) is 2.87. The Morgan fingerprint density at radius 1 is 0.667 bits per heavy atom. The predicted octanol–water partition coefficient (Wildman–Crippen LogP) is 5.96. The summed E-state index contributed by atoms with van der Waals surface area (Å²) in [5.41, 5.74) is 0.689. The molecule has 0 aliphatic carbocycles. The van der Waals surface area contributed by atoms with E-state index in [0.29, 0.717) is 11.1 Å². The van der Waals surface area contributed by atoms with E-state index < -0.39 is 45.0 Å². The van der Waals surface area contributed by atoms with E-state index >= 15 is 0 Å². The summed E-state index contributed by atoms with van der Waals surface area (Å²) < 4.78 is 49.9. The quantitative estimate of drug-likeness (QED) is 0.223. The minimum absolute atomic E-state index is 0. The van der Waals surface area contributed by atoms with Gasteiger partial charge in [-0.15, -0.1) is 0 Å². The van der Waals surface area contributed by atoms with Gasteiger partial charge >= 0.3 is 16.5 Å². The van der Waals surface area contributed by atoms with E-state index in [2.05, 4.69) is 23.2 Å². The van der Waals surface area contributed by atoms with E-state index in [1.165, 1.54) is 24.3 Å². The zero-order valence-electron chi connectivity index (χ0n) is 15.5. The van der Waals surface area contributed by atoms with Gasteiger partial charge in [-0.25, -0.2) is 22.4 Å². The molecule has 0 atom stereocenters. The summed E-state index contributed by atoms with van der Waals surface area (Å²) in [5, 5.41) is 5.30. The van der Waals surface area contributed by atoms with Gasteiger partial charge in [0.25, 0.3) is 0 Å². The predicted molar refractivity (Wildman–Crippen MR) is 118 cm³/mol. The van der Waals surface area contributed by atoms with Crippen molar-refractivity contribution in [1.29, 1.82) is 0 Å². The van der Waals surface area contributed by atoms with Crippen LogP contribution in [0.3, 0.4) is 0 Å². The molecule has 0 amide bonds. The lowest BCUT2D eigenvalue weighted by Gasteiger charge is -1.94. The number of hydrogen-bond donors (Lipinski definition) is 1. The normalized spacial score (nSPS) is 9.79. The maximum atomic E-state index is 12.6. The van der Waals surface area contributed by atoms with E-state index in [-0.39, 0.29) is 7.43 Å². The lowest BCUT2D eigenvalue weighted by atomic mass is 10.2. The monoisotopic (exact) mass is 528 g/mol. The third-order valence-corrected chi connectivity index (χ3v) is 3.43. The highest BCUT2D eigenvalue weighted by Crippen LogP contribution is 2.10. The second-order valence-electron chi connectivity index (χ2n) is 5.20. The first kappa shape index (κ1) is 32.2. The Hall–Kier alpha value is -3.01. The van der Waals surface area contributed by atoms with Crippen molar-refractivity contribution in [3.63, 3.8) is 0 Å². The van der Waals surface area contributed by atoms with Crippen molar-refractivity contribution in [3.8, 4) is 0 Å². The number of aliphatic carboxylic acids is 1. The molecule has 0 aliphatic heterocycles. The van der Waals surface area contributed by atoms with Crippen LogP contribution in [-0.4, -0.2) is 26.8 Å². The Bertz CT molecular complexity index is 973. The van der Waals surface area contributed by atoms with Crippen LogP contribution in [0.15, 0.2) is 48.6 Å². The van der Waals surface area contributed by atoms with Gasteiger partial charge in [0, 0.05) is 6.08 Å². The lowest BCUT2D eigenvalue weighted by Crippen LogP contribution is -1.94. The average Bonchev–Trinajstić information content (AvgIpc) is 2.70. The van der Waals surface area contributed by atoms with Crippen LogP contribution in [0.2, 0.25) is 0 Å². The Morgan fingerprint density at radius 2 is 1.03 bits per heavy atom. The van der Waals surface area contributed by atoms with Crippen molar-refractivity contribution < 1.29 is 41.8 Å². The molecule has 2 rings (SSSR count). The molecule has 0 bridgehead atoms. The molecule has 178 valence electrons. The largest absolute Gasteiger partial charge is 0.478 e. The van der Waals surface area contributed by atoms with Crippen molar-refractivity contribution in [2.24, 2.45) is 0 Å². The second-order valence-corrected chi connectivity index (χ2v) is 6.26. The number of allylic oxidation sites excluding steroid dienone is 1. The smallest absolute Gasteiger partial charge is 0.328 e. The molecule has 0 spiro atoms. The zero-order chi connectivity index (χ0) is 24.8. The molecule has 0 unspecified atom stereocenters. The third kappa shape index (κ3) is 15.4. The number of carboxylic acid groups (broad SMARTS) is 1. The fourth-order valence-electron chi connectivity index (χ4n) is 1.56. The molecule has 2 aromatic carbocycles. The summed E-state index contributed by atoms with van der Waals surface area (Å²) in [7, 11) is 0. The molecule has 2 aromatic rings. The lowest BCUT2D eigenvalue weighted by molar-refractivity contribution is -0.131. The minimum Gasteiger partial charge on any atom is -0.478 e. The molecule has 0 heterocycles. The van der Waals surface area contributed by atoms with Gasteiger partial charge in [-0.2, -0.15) is 0 Å². The molecular weight excluding hydrogens is 515 g/mol. The number of hydrogen-bond acceptors (Lipinski definition) is 4. The van der Waals surface area contributed by atoms with Crippen molar-refractivity contribution in [2.75, 3.05) is 0 Å². The van der Waals surface area contributed by atoms with E-state index in [4.69, 9.17) is 16.7 Å². The van der Waals surface area contributed by atoms with Gasteiger partial charge in [0.2, 0.25) is 5.24 Å². The standard InChI is InChI=1S/C9H5ClF2O.C9H6F2O2.C2Cl2O2.CH4/c10-9(13)4-2-6-1-3-7(11)8(12)5-6;10-7-3-1-6(5-8(7)11)2-4-9(12)13;3-1(5)2(4)6;/h1-5H;1-5H,(H,12,13);;1H4/b2*4-2+;;. The number of carbonyl (C=O) groups excluding carboxylic acids is 3. The number of rotatable bonds is 5. The first-order valence-corrected chi connectivity index (χ1v) is 9.04. The Labute approximate surface area is 200 Å². The molecule has 0 saturated carbocycles. The van der Waals surface area contributed by atoms with Crippen molar-refractivity contribution in [2.45, 2.75) is 7.43 Å². The molecule has 12 heteroatoms. The molecular formula is C21H15Cl3F4O5. The van der Waals surface area contributed by atoms with Crippen LogP contribution in [0.1, 0.15) is 18.6 Å². The topological polar surface area (TPSA) is 88.5 Å². The van der Waals surface area contributed by atoms with Crippen LogP contribution in [0.5, 0.6) is 0 Å². The van der Waals surface area contributed by atoms with Gasteiger partial charge in [0.1, 0.15) is 0 Å². The Balaban J connectivity index is 0. The van der Waals surface area contributed by atoms with Gasteiger partial charge in [-0.3, -0.25) is 14.4 Å². The van der Waals surface area contributed by atoms with Crippen LogP contribution in [0, 0.1) is 23.3 Å². The van der Waals surface area contributed by atoms with E-state index in [0.717, 1.165) is 36.4 Å². The van der Waals surface area contributed by atoms with Crippen LogP contribution in [0.4, 0.5) is 17.6 Å². The molecule has 0 fully saturated rings. The molecule has 0 saturated heterocycles. The maximum absolute atomic E-state index is 12.6. The first-order chi connectivity index (χ1) is 14.8. The van der Waals surface area contributed by atoms with Crippen molar-refractivity contribution in [3.05, 3.63) is 82.9 Å². The second kappa shape index (κ2) is 16.6. The van der Waals surface area contributed by atoms with E-state index in [1.807, 2.05) is 0 Å². The van der Waals surface area contributed by atoms with Gasteiger partial charge in [-0.05, 0) is 82.3 Å². The van der Waals surface area contributed by atoms with Crippen LogP contribution < -0.4 is 0 Å². The Kier molecular flexibility index (Phi) is 16.2. The number of carbonyl (C=O) groups is 4. The highest BCUT2D eigenvalue weighted by atomic mass is 35.5. The van der Waals surface area contributed by atoms with E-state index in [1.54, 1.807) is 0 Å². The van der Waals surface area contributed by atoms with Gasteiger partial charge in [-0.1, -0.05) is 25.6 Å². The Morgan fingerprint density at radius 3 is 1.30 bits per heavy atom. The summed E-state index contributed by atoms with van der Waals surface area (Å²) in [6, 6.07) is 6.46. The van der Waals surface area contributed by atoms with Gasteiger partial charge < -0.3 is 5.11 Å². The summed E-state index contributed by atoms with van der Waals surface area (Å²) in [5.74, 6) is -4.96.